The number of benzene rings is 2. The fraction of sp³-hybridized carbons (Fsp3) is 0.278. The van der Waals surface area contributed by atoms with Crippen molar-refractivity contribution in [3.63, 3.8) is 0 Å². The van der Waals surface area contributed by atoms with E-state index in [-0.39, 0.29) is 10.7 Å². The van der Waals surface area contributed by atoms with Crippen molar-refractivity contribution in [3.8, 4) is 0 Å². The van der Waals surface area contributed by atoms with Gasteiger partial charge in [-0.1, -0.05) is 23.7 Å². The van der Waals surface area contributed by atoms with Gasteiger partial charge in [-0.3, -0.25) is 10.1 Å². The Morgan fingerprint density at radius 3 is 2.42 bits per heavy atom. The van der Waals surface area contributed by atoms with Crippen molar-refractivity contribution < 1.29 is 22.4 Å². The van der Waals surface area contributed by atoms with E-state index in [0.29, 0.717) is 5.56 Å². The summed E-state index contributed by atoms with van der Waals surface area (Å²) in [5, 5.41) is 5.53. The number of carbonyl (C=O) groups excluding carboxylic acids is 1. The fourth-order valence-corrected chi connectivity index (χ4v) is 2.58. The lowest BCUT2D eigenvalue weighted by Gasteiger charge is -2.21. The van der Waals surface area contributed by atoms with Gasteiger partial charge in [0.2, 0.25) is 5.91 Å². The first-order valence-corrected chi connectivity index (χ1v) is 8.15. The molecule has 0 spiro atoms. The minimum Gasteiger partial charge on any atom is -0.323 e. The van der Waals surface area contributed by atoms with Gasteiger partial charge in [-0.15, -0.1) is 0 Å². The van der Waals surface area contributed by atoms with Gasteiger partial charge in [-0.2, -0.15) is 13.2 Å². The van der Waals surface area contributed by atoms with Crippen LogP contribution in [0.1, 0.15) is 31.0 Å². The number of hydrogen-bond acceptors (Lipinski definition) is 2. The van der Waals surface area contributed by atoms with Gasteiger partial charge in [0, 0.05) is 6.04 Å². The molecule has 0 aliphatic carbocycles. The average molecular weight is 389 g/mol. The Bertz CT molecular complexity index is 795. The molecule has 2 N–H and O–H groups in total. The highest BCUT2D eigenvalue weighted by molar-refractivity contribution is 6.33. The Labute approximate surface area is 153 Å². The summed E-state index contributed by atoms with van der Waals surface area (Å²) in [4.78, 5) is 12.2. The number of carbonyl (C=O) groups is 1. The van der Waals surface area contributed by atoms with Crippen LogP contribution in [0, 0.1) is 5.82 Å². The predicted octanol–water partition coefficient (Wildman–Crippen LogP) is 5.18. The maximum atomic E-state index is 13.0. The molecule has 2 atom stereocenters. The third-order valence-electron chi connectivity index (χ3n) is 3.80. The van der Waals surface area contributed by atoms with Crippen molar-refractivity contribution in [3.05, 3.63) is 64.4 Å². The quantitative estimate of drug-likeness (QED) is 0.693. The largest absolute Gasteiger partial charge is 0.416 e. The number of amides is 1. The summed E-state index contributed by atoms with van der Waals surface area (Å²) in [5.41, 5.74) is -0.100. The lowest BCUT2D eigenvalue weighted by atomic mass is 10.0. The maximum absolute atomic E-state index is 13.0. The molecular weight excluding hydrogens is 372 g/mol. The zero-order valence-electron chi connectivity index (χ0n) is 14.0. The predicted molar refractivity (Wildman–Crippen MR) is 92.5 cm³/mol. The van der Waals surface area contributed by atoms with Gasteiger partial charge in [-0.05, 0) is 49.7 Å². The molecule has 3 nitrogen and oxygen atoms in total. The molecule has 0 bridgehead atoms. The Morgan fingerprint density at radius 2 is 1.81 bits per heavy atom. The molecule has 0 fully saturated rings. The summed E-state index contributed by atoms with van der Waals surface area (Å²) in [6.07, 6.45) is -4.43. The van der Waals surface area contributed by atoms with Crippen LogP contribution >= 0.6 is 11.6 Å². The number of anilines is 1. The Morgan fingerprint density at radius 1 is 1.12 bits per heavy atom. The highest BCUT2D eigenvalue weighted by Crippen LogP contribution is 2.30. The molecular formula is C18H17ClF4N2O. The van der Waals surface area contributed by atoms with E-state index in [2.05, 4.69) is 10.6 Å². The molecule has 0 aliphatic heterocycles. The molecule has 140 valence electrons. The lowest BCUT2D eigenvalue weighted by molar-refractivity contribution is -0.137. The van der Waals surface area contributed by atoms with E-state index in [4.69, 9.17) is 11.6 Å². The molecule has 26 heavy (non-hydrogen) atoms. The van der Waals surface area contributed by atoms with E-state index in [1.807, 2.05) is 0 Å². The molecule has 0 heterocycles. The zero-order chi connectivity index (χ0) is 19.5. The standard InChI is InChI=1S/C18H17ClF4N2O/c1-10(12-4-3-5-13(8-12)18(21,22)23)24-11(2)17(26)25-16-7-6-14(20)9-15(16)19/h3-11,24H,1-2H3,(H,25,26)/t10-,11-/m1/s1. The molecule has 2 aromatic rings. The number of alkyl halides is 3. The van der Waals surface area contributed by atoms with E-state index in [1.54, 1.807) is 19.9 Å². The Hall–Kier alpha value is -2.12. The summed E-state index contributed by atoms with van der Waals surface area (Å²) in [6, 6.07) is 7.24. The third-order valence-corrected chi connectivity index (χ3v) is 4.11. The van der Waals surface area contributed by atoms with Gasteiger partial charge >= 0.3 is 6.18 Å². The minimum atomic E-state index is -4.43. The van der Waals surface area contributed by atoms with Crippen molar-refractivity contribution in [1.82, 2.24) is 5.32 Å². The van der Waals surface area contributed by atoms with Crippen LogP contribution in [0.15, 0.2) is 42.5 Å². The van der Waals surface area contributed by atoms with Crippen molar-refractivity contribution in [2.45, 2.75) is 32.1 Å². The highest BCUT2D eigenvalue weighted by Gasteiger charge is 2.30. The second-order valence-electron chi connectivity index (χ2n) is 5.85. The smallest absolute Gasteiger partial charge is 0.323 e. The lowest BCUT2D eigenvalue weighted by Crippen LogP contribution is -2.39. The number of halogens is 5. The fourth-order valence-electron chi connectivity index (χ4n) is 2.36. The molecule has 0 saturated carbocycles. The monoisotopic (exact) mass is 388 g/mol. The van der Waals surface area contributed by atoms with Gasteiger partial charge < -0.3 is 5.32 Å². The normalized spacial score (nSPS) is 14.0. The minimum absolute atomic E-state index is 0.0523. The van der Waals surface area contributed by atoms with Crippen molar-refractivity contribution >= 4 is 23.2 Å². The number of hydrogen-bond donors (Lipinski definition) is 2. The van der Waals surface area contributed by atoms with E-state index in [1.165, 1.54) is 12.1 Å². The first kappa shape index (κ1) is 20.2. The summed E-state index contributed by atoms with van der Waals surface area (Å²) < 4.78 is 51.5. The Kier molecular flexibility index (Phi) is 6.26. The van der Waals surface area contributed by atoms with E-state index in [0.717, 1.165) is 24.3 Å². The molecule has 0 radical (unpaired) electrons. The van der Waals surface area contributed by atoms with Crippen molar-refractivity contribution in [2.75, 3.05) is 5.32 Å². The van der Waals surface area contributed by atoms with Crippen LogP contribution in [-0.4, -0.2) is 11.9 Å². The zero-order valence-corrected chi connectivity index (χ0v) is 14.8. The molecule has 2 rings (SSSR count). The first-order valence-electron chi connectivity index (χ1n) is 7.77. The SMILES string of the molecule is C[C@@H](N[C@H](C)c1cccc(C(F)(F)F)c1)C(=O)Nc1ccc(F)cc1Cl. The van der Waals surface area contributed by atoms with Crippen LogP contribution in [0.5, 0.6) is 0 Å². The third kappa shape index (κ3) is 5.19. The topological polar surface area (TPSA) is 41.1 Å². The molecule has 2 aromatic carbocycles. The van der Waals surface area contributed by atoms with Gasteiger partial charge in [0.05, 0.1) is 22.3 Å². The van der Waals surface area contributed by atoms with Crippen LogP contribution in [0.3, 0.4) is 0 Å². The summed E-state index contributed by atoms with van der Waals surface area (Å²) >= 11 is 5.86. The van der Waals surface area contributed by atoms with E-state index < -0.39 is 35.5 Å². The van der Waals surface area contributed by atoms with Crippen LogP contribution in [0.2, 0.25) is 5.02 Å². The van der Waals surface area contributed by atoms with Crippen molar-refractivity contribution in [1.29, 1.82) is 0 Å². The molecule has 1 amide bonds. The Balaban J connectivity index is 2.04. The summed E-state index contributed by atoms with van der Waals surface area (Å²) in [5.74, 6) is -0.977. The van der Waals surface area contributed by atoms with Crippen LogP contribution in [0.25, 0.3) is 0 Å². The summed E-state index contributed by atoms with van der Waals surface area (Å²) in [7, 11) is 0. The molecule has 0 saturated heterocycles. The molecule has 0 aliphatic rings. The first-order chi connectivity index (χ1) is 12.1. The molecule has 0 aromatic heterocycles. The maximum Gasteiger partial charge on any atom is 0.416 e. The molecule has 0 unspecified atom stereocenters. The number of rotatable bonds is 5. The number of nitrogens with one attached hydrogen (secondary N) is 2. The van der Waals surface area contributed by atoms with Crippen LogP contribution in [-0.2, 0) is 11.0 Å². The van der Waals surface area contributed by atoms with Gasteiger partial charge in [0.25, 0.3) is 0 Å². The van der Waals surface area contributed by atoms with Crippen molar-refractivity contribution in [2.24, 2.45) is 0 Å². The van der Waals surface area contributed by atoms with E-state index in [9.17, 15) is 22.4 Å². The van der Waals surface area contributed by atoms with Gasteiger partial charge in [-0.25, -0.2) is 4.39 Å². The highest BCUT2D eigenvalue weighted by atomic mass is 35.5. The second kappa shape index (κ2) is 8.05. The van der Waals surface area contributed by atoms with Gasteiger partial charge in [0.1, 0.15) is 5.82 Å². The van der Waals surface area contributed by atoms with Gasteiger partial charge in [0.15, 0.2) is 0 Å². The van der Waals surface area contributed by atoms with Crippen LogP contribution in [0.4, 0.5) is 23.2 Å². The summed E-state index contributed by atoms with van der Waals surface area (Å²) in [6.45, 7) is 3.22. The van der Waals surface area contributed by atoms with Crippen LogP contribution < -0.4 is 10.6 Å². The van der Waals surface area contributed by atoms with E-state index >= 15 is 0 Å². The average Bonchev–Trinajstić information content (AvgIpc) is 2.56. The molecule has 8 heteroatoms. The second-order valence-corrected chi connectivity index (χ2v) is 6.25.